The zero-order chi connectivity index (χ0) is 16.3. The van der Waals surface area contributed by atoms with Crippen LogP contribution in [0.1, 0.15) is 40.0 Å². The fraction of sp³-hybridized carbons (Fsp3) is 0.750. The Balaban J connectivity index is 0.000000921. The summed E-state index contributed by atoms with van der Waals surface area (Å²) in [6.45, 7) is 9.39. The normalized spacial score (nSPS) is 26.1. The number of rotatable bonds is 3. The molecule has 3 saturated heterocycles. The van der Waals surface area contributed by atoms with Gasteiger partial charge in [0.05, 0.1) is 0 Å². The first kappa shape index (κ1) is 19.5. The molecule has 2 amide bonds. The van der Waals surface area contributed by atoms with Gasteiger partial charge in [-0.25, -0.2) is 9.80 Å². The van der Waals surface area contributed by atoms with Crippen molar-refractivity contribution in [1.29, 1.82) is 0 Å². The summed E-state index contributed by atoms with van der Waals surface area (Å²) in [6.07, 6.45) is 13.0. The number of hydrazone groups is 1. The summed E-state index contributed by atoms with van der Waals surface area (Å²) in [7, 11) is 1.70. The lowest BCUT2D eigenvalue weighted by Gasteiger charge is -2.45. The van der Waals surface area contributed by atoms with Crippen molar-refractivity contribution < 1.29 is 4.79 Å². The first-order valence-electron chi connectivity index (χ1n) is 7.83. The van der Waals surface area contributed by atoms with Crippen molar-refractivity contribution in [2.24, 2.45) is 11.0 Å². The molecule has 3 fully saturated rings. The molecule has 0 saturated carbocycles. The summed E-state index contributed by atoms with van der Waals surface area (Å²) in [5, 5.41) is 8.53. The second kappa shape index (κ2) is 11.2. The van der Waals surface area contributed by atoms with Crippen LogP contribution in [0.25, 0.3) is 0 Å². The summed E-state index contributed by atoms with van der Waals surface area (Å²) >= 11 is 0. The highest BCUT2D eigenvalue weighted by molar-refractivity contribution is 5.75. The second-order valence-corrected chi connectivity index (χ2v) is 4.92. The van der Waals surface area contributed by atoms with Crippen LogP contribution in [0.4, 0.5) is 4.79 Å². The number of carbonyl (C=O) groups is 1. The molecule has 0 radical (unpaired) electrons. The Morgan fingerprint density at radius 1 is 1.38 bits per heavy atom. The number of hydrogen-bond acceptors (Lipinski definition) is 3. The van der Waals surface area contributed by atoms with E-state index in [9.17, 15) is 4.79 Å². The largest absolute Gasteiger partial charge is 0.337 e. The van der Waals surface area contributed by atoms with Gasteiger partial charge in [0.1, 0.15) is 0 Å². The molecule has 5 heteroatoms. The average molecular weight is 294 g/mol. The molecule has 0 aromatic carbocycles. The van der Waals surface area contributed by atoms with Crippen LogP contribution in [0, 0.1) is 18.8 Å². The van der Waals surface area contributed by atoms with Crippen molar-refractivity contribution in [3.05, 3.63) is 0 Å². The number of nitrogens with zero attached hydrogens (tertiary/aromatic N) is 3. The molecular weight excluding hydrogens is 264 g/mol. The van der Waals surface area contributed by atoms with Crippen LogP contribution < -0.4 is 5.32 Å². The van der Waals surface area contributed by atoms with Gasteiger partial charge in [0.25, 0.3) is 0 Å². The molecule has 2 bridgehead atoms. The molecule has 3 aliphatic rings. The molecule has 3 rings (SSSR count). The van der Waals surface area contributed by atoms with Gasteiger partial charge in [0.15, 0.2) is 0 Å². The maximum Gasteiger partial charge on any atom is 0.337 e. The number of piperidine rings is 3. The molecule has 3 aliphatic heterocycles. The van der Waals surface area contributed by atoms with Gasteiger partial charge in [-0.3, -0.25) is 0 Å². The van der Waals surface area contributed by atoms with Crippen molar-refractivity contribution in [1.82, 2.24) is 15.2 Å². The van der Waals surface area contributed by atoms with Crippen LogP contribution in [0.5, 0.6) is 0 Å². The van der Waals surface area contributed by atoms with Crippen LogP contribution in [0.2, 0.25) is 0 Å². The number of hydrogen-bond donors (Lipinski definition) is 1. The predicted molar refractivity (Wildman–Crippen MR) is 89.3 cm³/mol. The van der Waals surface area contributed by atoms with E-state index in [1.54, 1.807) is 13.3 Å². The molecule has 1 N–H and O–H groups in total. The van der Waals surface area contributed by atoms with Gasteiger partial charge in [-0.1, -0.05) is 20.8 Å². The third-order valence-corrected chi connectivity index (χ3v) is 3.70. The fourth-order valence-electron chi connectivity index (χ4n) is 2.64. The first-order chi connectivity index (χ1) is 10.2. The molecule has 3 heterocycles. The van der Waals surface area contributed by atoms with E-state index in [1.807, 2.05) is 20.8 Å². The van der Waals surface area contributed by atoms with Crippen LogP contribution in [-0.4, -0.2) is 54.9 Å². The van der Waals surface area contributed by atoms with E-state index >= 15 is 0 Å². The summed E-state index contributed by atoms with van der Waals surface area (Å²) in [5.41, 5.74) is 0. The Bertz CT molecular complexity index is 332. The highest BCUT2D eigenvalue weighted by atomic mass is 16.2. The first-order valence-corrected chi connectivity index (χ1v) is 7.83. The van der Waals surface area contributed by atoms with Gasteiger partial charge in [-0.05, 0) is 38.3 Å². The lowest BCUT2D eigenvalue weighted by Crippen LogP contribution is -2.58. The van der Waals surface area contributed by atoms with Crippen molar-refractivity contribution >= 4 is 12.2 Å². The SMILES string of the molecule is C#C.CC.CC/C=N\N(C)C(=O)NC1CN2CCC1CC2. The van der Waals surface area contributed by atoms with E-state index in [2.05, 4.69) is 28.2 Å². The summed E-state index contributed by atoms with van der Waals surface area (Å²) in [6, 6.07) is 0.220. The number of nitrogens with one attached hydrogen (secondary N) is 1. The lowest BCUT2D eigenvalue weighted by atomic mass is 9.84. The smallest absolute Gasteiger partial charge is 0.332 e. The number of carbonyl (C=O) groups excluding carboxylic acids is 1. The van der Waals surface area contributed by atoms with Gasteiger partial charge in [-0.2, -0.15) is 5.10 Å². The Hall–Kier alpha value is -1.54. The number of fused-ring (bicyclic) bond motifs is 3. The highest BCUT2D eigenvalue weighted by Crippen LogP contribution is 2.27. The molecule has 0 aromatic rings. The van der Waals surface area contributed by atoms with Crippen molar-refractivity contribution in [3.63, 3.8) is 0 Å². The topological polar surface area (TPSA) is 47.9 Å². The Morgan fingerprint density at radius 2 is 1.95 bits per heavy atom. The van der Waals surface area contributed by atoms with Gasteiger partial charge >= 0.3 is 6.03 Å². The predicted octanol–water partition coefficient (Wildman–Crippen LogP) is 2.39. The molecule has 1 atom stereocenters. The number of terminal acetylenes is 1. The van der Waals surface area contributed by atoms with Crippen LogP contribution in [0.15, 0.2) is 5.10 Å². The minimum absolute atomic E-state index is 0.0894. The van der Waals surface area contributed by atoms with E-state index in [1.165, 1.54) is 30.9 Å². The minimum atomic E-state index is -0.0894. The highest BCUT2D eigenvalue weighted by Gasteiger charge is 2.35. The van der Waals surface area contributed by atoms with E-state index < -0.39 is 0 Å². The molecule has 5 nitrogen and oxygen atoms in total. The number of amides is 2. The zero-order valence-corrected chi connectivity index (χ0v) is 13.9. The average Bonchev–Trinajstić information content (AvgIpc) is 2.57. The molecule has 0 aliphatic carbocycles. The molecular formula is C16H30N4O. The molecule has 1 unspecified atom stereocenters. The zero-order valence-electron chi connectivity index (χ0n) is 13.9. The van der Waals surface area contributed by atoms with Gasteiger partial charge in [0.2, 0.25) is 0 Å². The maximum absolute atomic E-state index is 11.9. The van der Waals surface area contributed by atoms with E-state index in [0.29, 0.717) is 12.0 Å². The van der Waals surface area contributed by atoms with Crippen LogP contribution in [-0.2, 0) is 0 Å². The molecule has 0 aromatic heterocycles. The Labute approximate surface area is 129 Å². The Kier molecular flexibility index (Phi) is 10.3. The van der Waals surface area contributed by atoms with Crippen molar-refractivity contribution in [3.8, 4) is 12.8 Å². The van der Waals surface area contributed by atoms with Gasteiger partial charge < -0.3 is 10.2 Å². The fourth-order valence-corrected chi connectivity index (χ4v) is 2.64. The third-order valence-electron chi connectivity index (χ3n) is 3.70. The molecule has 21 heavy (non-hydrogen) atoms. The quantitative estimate of drug-likeness (QED) is 0.493. The Morgan fingerprint density at radius 3 is 2.38 bits per heavy atom. The minimum Gasteiger partial charge on any atom is -0.332 e. The van der Waals surface area contributed by atoms with Crippen molar-refractivity contribution in [2.45, 2.75) is 46.1 Å². The standard InChI is InChI=1S/C12H22N4O.C2H6.C2H2/c1-3-6-13-15(2)12(17)14-11-9-16-7-4-10(11)5-8-16;2*1-2/h6,10-11H,3-5,7-9H2,1-2H3,(H,14,17);1-2H3;1-2H/b13-6-;;. The third kappa shape index (κ3) is 6.17. The van der Waals surface area contributed by atoms with E-state index in [0.717, 1.165) is 13.0 Å². The molecule has 0 spiro atoms. The van der Waals surface area contributed by atoms with Crippen molar-refractivity contribution in [2.75, 3.05) is 26.7 Å². The van der Waals surface area contributed by atoms with Gasteiger partial charge in [-0.15, -0.1) is 12.8 Å². The van der Waals surface area contributed by atoms with Crippen LogP contribution >= 0.6 is 0 Å². The number of urea groups is 1. The summed E-state index contributed by atoms with van der Waals surface area (Å²) < 4.78 is 0. The van der Waals surface area contributed by atoms with E-state index in [4.69, 9.17) is 0 Å². The maximum atomic E-state index is 11.9. The second-order valence-electron chi connectivity index (χ2n) is 4.92. The molecule has 120 valence electrons. The van der Waals surface area contributed by atoms with Crippen LogP contribution in [0.3, 0.4) is 0 Å². The monoisotopic (exact) mass is 294 g/mol. The summed E-state index contributed by atoms with van der Waals surface area (Å²) in [4.78, 5) is 14.3. The summed E-state index contributed by atoms with van der Waals surface area (Å²) in [5.74, 6) is 0.660. The van der Waals surface area contributed by atoms with Gasteiger partial charge in [0, 0.05) is 25.8 Å². The lowest BCUT2D eigenvalue weighted by molar-refractivity contribution is 0.0739. The van der Waals surface area contributed by atoms with E-state index in [-0.39, 0.29) is 6.03 Å².